The zero-order valence-electron chi connectivity index (χ0n) is 13.6. The van der Waals surface area contributed by atoms with Crippen LogP contribution in [0.4, 0.5) is 0 Å². The SMILES string of the molecule is Cc1ccc(C(NC(=O)Cn2ccc(=O)[nH]c2=O)c2cccs2)cc1. The van der Waals surface area contributed by atoms with E-state index < -0.39 is 11.2 Å². The number of carbonyl (C=O) groups is 1. The molecule has 2 heterocycles. The van der Waals surface area contributed by atoms with Gasteiger partial charge >= 0.3 is 5.69 Å². The van der Waals surface area contributed by atoms with Crippen LogP contribution in [0.3, 0.4) is 0 Å². The molecule has 1 aromatic carbocycles. The third kappa shape index (κ3) is 4.13. The van der Waals surface area contributed by atoms with Crippen LogP contribution in [-0.2, 0) is 11.3 Å². The molecule has 0 spiro atoms. The molecule has 25 heavy (non-hydrogen) atoms. The van der Waals surface area contributed by atoms with Crippen LogP contribution in [0, 0.1) is 6.92 Å². The van der Waals surface area contributed by atoms with Gasteiger partial charge in [-0.2, -0.15) is 0 Å². The normalized spacial score (nSPS) is 11.9. The Hall–Kier alpha value is -2.93. The summed E-state index contributed by atoms with van der Waals surface area (Å²) < 4.78 is 1.16. The van der Waals surface area contributed by atoms with Crippen molar-refractivity contribution in [1.82, 2.24) is 14.9 Å². The Morgan fingerprint density at radius 2 is 1.96 bits per heavy atom. The molecule has 128 valence electrons. The predicted octanol–water partition coefficient (Wildman–Crippen LogP) is 1.81. The molecular weight excluding hydrogens is 338 g/mol. The summed E-state index contributed by atoms with van der Waals surface area (Å²) in [5.41, 5.74) is 1.01. The van der Waals surface area contributed by atoms with E-state index in [9.17, 15) is 14.4 Å². The molecule has 2 aromatic heterocycles. The summed E-state index contributed by atoms with van der Waals surface area (Å²) in [7, 11) is 0. The molecule has 0 aliphatic rings. The molecule has 3 aromatic rings. The lowest BCUT2D eigenvalue weighted by atomic mass is 10.0. The third-order valence-corrected chi connectivity index (χ3v) is 4.69. The van der Waals surface area contributed by atoms with Gasteiger partial charge in [-0.15, -0.1) is 11.3 Å². The molecule has 0 aliphatic heterocycles. The van der Waals surface area contributed by atoms with Crippen molar-refractivity contribution in [3.05, 3.63) is 90.9 Å². The molecule has 0 saturated heterocycles. The highest BCUT2D eigenvalue weighted by molar-refractivity contribution is 7.10. The maximum atomic E-state index is 12.4. The Balaban J connectivity index is 1.82. The molecule has 0 aliphatic carbocycles. The maximum Gasteiger partial charge on any atom is 0.328 e. The average Bonchev–Trinajstić information content (AvgIpc) is 3.10. The number of amides is 1. The molecule has 0 bridgehead atoms. The second kappa shape index (κ2) is 7.31. The van der Waals surface area contributed by atoms with Gasteiger partial charge < -0.3 is 5.32 Å². The second-order valence-electron chi connectivity index (χ2n) is 5.66. The molecule has 0 radical (unpaired) electrons. The van der Waals surface area contributed by atoms with E-state index >= 15 is 0 Å². The van der Waals surface area contributed by atoms with Crippen molar-refractivity contribution < 1.29 is 4.79 Å². The first-order valence-corrected chi connectivity index (χ1v) is 8.60. The number of rotatable bonds is 5. The minimum Gasteiger partial charge on any atom is -0.343 e. The van der Waals surface area contributed by atoms with E-state index in [-0.39, 0.29) is 18.5 Å². The molecule has 0 fully saturated rings. The fourth-order valence-electron chi connectivity index (χ4n) is 2.46. The largest absolute Gasteiger partial charge is 0.343 e. The number of nitrogens with one attached hydrogen (secondary N) is 2. The Morgan fingerprint density at radius 1 is 1.20 bits per heavy atom. The number of aryl methyl sites for hydroxylation is 1. The Labute approximate surface area is 147 Å². The van der Waals surface area contributed by atoms with Gasteiger partial charge in [0.1, 0.15) is 6.54 Å². The number of hydrogen-bond acceptors (Lipinski definition) is 4. The molecule has 1 amide bonds. The smallest absolute Gasteiger partial charge is 0.328 e. The van der Waals surface area contributed by atoms with Gasteiger partial charge in [-0.3, -0.25) is 19.1 Å². The van der Waals surface area contributed by atoms with E-state index in [4.69, 9.17) is 0 Å². The summed E-state index contributed by atoms with van der Waals surface area (Å²) in [4.78, 5) is 38.4. The number of hydrogen-bond donors (Lipinski definition) is 2. The lowest BCUT2D eigenvalue weighted by Crippen LogP contribution is -2.37. The molecule has 0 saturated carbocycles. The van der Waals surface area contributed by atoms with Gasteiger partial charge in [0.15, 0.2) is 0 Å². The van der Waals surface area contributed by atoms with Gasteiger partial charge in [-0.25, -0.2) is 4.79 Å². The van der Waals surface area contributed by atoms with Gasteiger partial charge in [0.2, 0.25) is 5.91 Å². The van der Waals surface area contributed by atoms with Crippen molar-refractivity contribution in [1.29, 1.82) is 0 Å². The number of carbonyl (C=O) groups excluding carboxylic acids is 1. The lowest BCUT2D eigenvalue weighted by Gasteiger charge is -2.18. The summed E-state index contributed by atoms with van der Waals surface area (Å²) in [5, 5.41) is 4.92. The minimum absolute atomic E-state index is 0.163. The van der Waals surface area contributed by atoms with E-state index in [1.807, 2.05) is 48.7 Å². The van der Waals surface area contributed by atoms with Crippen molar-refractivity contribution in [3.8, 4) is 0 Å². The number of H-pyrrole nitrogens is 1. The van der Waals surface area contributed by atoms with Crippen LogP contribution in [0.2, 0.25) is 0 Å². The van der Waals surface area contributed by atoms with Crippen LogP contribution in [0.15, 0.2) is 63.6 Å². The average molecular weight is 355 g/mol. The predicted molar refractivity (Wildman–Crippen MR) is 96.8 cm³/mol. The summed E-state index contributed by atoms with van der Waals surface area (Å²) >= 11 is 1.55. The van der Waals surface area contributed by atoms with Crippen LogP contribution in [0.5, 0.6) is 0 Å². The molecular formula is C18H17N3O3S. The van der Waals surface area contributed by atoms with Crippen LogP contribution in [-0.4, -0.2) is 15.5 Å². The number of thiophene rings is 1. The third-order valence-electron chi connectivity index (χ3n) is 3.75. The van der Waals surface area contributed by atoms with Crippen molar-refractivity contribution in [2.24, 2.45) is 0 Å². The molecule has 3 rings (SSSR count). The van der Waals surface area contributed by atoms with Crippen molar-refractivity contribution in [2.45, 2.75) is 19.5 Å². The number of nitrogens with zero attached hydrogens (tertiary/aromatic N) is 1. The van der Waals surface area contributed by atoms with Crippen LogP contribution in [0.25, 0.3) is 0 Å². The van der Waals surface area contributed by atoms with Gasteiger partial charge in [0.25, 0.3) is 5.56 Å². The standard InChI is InChI=1S/C18H17N3O3S/c1-12-4-6-13(7-5-12)17(14-3-2-10-25-14)19-16(23)11-21-9-8-15(22)20-18(21)24/h2-10,17H,11H2,1H3,(H,19,23)(H,20,22,24). The minimum atomic E-state index is -0.606. The first kappa shape index (κ1) is 16.9. The molecule has 7 heteroatoms. The van der Waals surface area contributed by atoms with Gasteiger partial charge in [0.05, 0.1) is 6.04 Å². The van der Waals surface area contributed by atoms with Gasteiger partial charge in [0, 0.05) is 17.1 Å². The maximum absolute atomic E-state index is 12.4. The van der Waals surface area contributed by atoms with Crippen molar-refractivity contribution >= 4 is 17.2 Å². The van der Waals surface area contributed by atoms with Gasteiger partial charge in [-0.1, -0.05) is 35.9 Å². The fourth-order valence-corrected chi connectivity index (χ4v) is 3.27. The second-order valence-corrected chi connectivity index (χ2v) is 6.64. The van der Waals surface area contributed by atoms with Crippen molar-refractivity contribution in [3.63, 3.8) is 0 Å². The number of aromatic nitrogens is 2. The molecule has 6 nitrogen and oxygen atoms in total. The molecule has 1 unspecified atom stereocenters. The number of aromatic amines is 1. The monoisotopic (exact) mass is 355 g/mol. The fraction of sp³-hybridized carbons (Fsp3) is 0.167. The first-order chi connectivity index (χ1) is 12.0. The zero-order chi connectivity index (χ0) is 17.8. The highest BCUT2D eigenvalue weighted by Gasteiger charge is 2.18. The Bertz CT molecular complexity index is 972. The van der Waals surface area contributed by atoms with E-state index in [1.54, 1.807) is 11.3 Å². The summed E-state index contributed by atoms with van der Waals surface area (Å²) in [5.74, 6) is -0.312. The quantitative estimate of drug-likeness (QED) is 0.732. The van der Waals surface area contributed by atoms with Crippen LogP contribution >= 0.6 is 11.3 Å². The summed E-state index contributed by atoms with van der Waals surface area (Å²) in [6.07, 6.45) is 1.31. The highest BCUT2D eigenvalue weighted by Crippen LogP contribution is 2.26. The van der Waals surface area contributed by atoms with E-state index in [0.717, 1.165) is 20.6 Å². The zero-order valence-corrected chi connectivity index (χ0v) is 14.4. The highest BCUT2D eigenvalue weighted by atomic mass is 32.1. The Kier molecular flexibility index (Phi) is 4.95. The van der Waals surface area contributed by atoms with Gasteiger partial charge in [-0.05, 0) is 23.9 Å². The summed E-state index contributed by atoms with van der Waals surface area (Å²) in [6, 6.07) is 12.8. The van der Waals surface area contributed by atoms with Crippen LogP contribution in [0.1, 0.15) is 22.0 Å². The lowest BCUT2D eigenvalue weighted by molar-refractivity contribution is -0.122. The molecule has 2 N–H and O–H groups in total. The van der Waals surface area contributed by atoms with Crippen molar-refractivity contribution in [2.75, 3.05) is 0 Å². The van der Waals surface area contributed by atoms with E-state index in [1.165, 1.54) is 12.3 Å². The molecule has 1 atom stereocenters. The topological polar surface area (TPSA) is 84.0 Å². The Morgan fingerprint density at radius 3 is 2.60 bits per heavy atom. The first-order valence-electron chi connectivity index (χ1n) is 7.72. The van der Waals surface area contributed by atoms with E-state index in [2.05, 4.69) is 10.3 Å². The van der Waals surface area contributed by atoms with E-state index in [0.29, 0.717) is 0 Å². The number of benzene rings is 1. The van der Waals surface area contributed by atoms with Crippen LogP contribution < -0.4 is 16.6 Å². The summed E-state index contributed by atoms with van der Waals surface area (Å²) in [6.45, 7) is 1.84.